The summed E-state index contributed by atoms with van der Waals surface area (Å²) in [6.45, 7) is 2.36. The highest BCUT2D eigenvalue weighted by atomic mass is 16.5. The van der Waals surface area contributed by atoms with Crippen LogP contribution in [0.3, 0.4) is 0 Å². The first-order chi connectivity index (χ1) is 8.33. The Labute approximate surface area is 103 Å². The van der Waals surface area contributed by atoms with E-state index in [1.165, 1.54) is 12.0 Å². The van der Waals surface area contributed by atoms with Gasteiger partial charge in [-0.3, -0.25) is 4.79 Å². The number of hydrogen-bond acceptors (Lipinski definition) is 2. The molecule has 2 unspecified atom stereocenters. The molecular formula is C15H20O2. The lowest BCUT2D eigenvalue weighted by atomic mass is 9.75. The molecule has 2 nitrogen and oxygen atoms in total. The summed E-state index contributed by atoms with van der Waals surface area (Å²) in [7, 11) is 0. The van der Waals surface area contributed by atoms with E-state index in [0.717, 1.165) is 19.3 Å². The summed E-state index contributed by atoms with van der Waals surface area (Å²) in [5, 5.41) is 0. The number of rotatable bonds is 3. The van der Waals surface area contributed by atoms with Crippen LogP contribution < -0.4 is 0 Å². The van der Waals surface area contributed by atoms with Crippen LogP contribution >= 0.6 is 0 Å². The maximum atomic E-state index is 12.0. The second-order valence-electron chi connectivity index (χ2n) is 4.66. The number of carbonyl (C=O) groups is 1. The maximum Gasteiger partial charge on any atom is 0.309 e. The quantitative estimate of drug-likeness (QED) is 0.745. The Hall–Kier alpha value is -1.31. The largest absolute Gasteiger partial charge is 0.466 e. The van der Waals surface area contributed by atoms with Crippen molar-refractivity contribution < 1.29 is 9.53 Å². The van der Waals surface area contributed by atoms with Crippen LogP contribution in [0, 0.1) is 5.92 Å². The standard InChI is InChI=1S/C15H20O2/c1-2-17-15(16)14-11-7-6-10-13(14)12-8-4-3-5-9-12/h3-5,8-9,13-14H,2,6-7,10-11H2,1H3. The molecule has 0 heterocycles. The van der Waals surface area contributed by atoms with Gasteiger partial charge in [0.25, 0.3) is 0 Å². The minimum Gasteiger partial charge on any atom is -0.466 e. The van der Waals surface area contributed by atoms with E-state index in [0.29, 0.717) is 12.5 Å². The van der Waals surface area contributed by atoms with E-state index in [2.05, 4.69) is 12.1 Å². The van der Waals surface area contributed by atoms with Gasteiger partial charge in [-0.2, -0.15) is 0 Å². The molecule has 1 aliphatic rings. The van der Waals surface area contributed by atoms with Crippen molar-refractivity contribution in [1.29, 1.82) is 0 Å². The van der Waals surface area contributed by atoms with E-state index >= 15 is 0 Å². The average molecular weight is 232 g/mol. The molecular weight excluding hydrogens is 212 g/mol. The van der Waals surface area contributed by atoms with Crippen LogP contribution in [0.1, 0.15) is 44.1 Å². The molecule has 0 spiro atoms. The molecule has 0 bridgehead atoms. The van der Waals surface area contributed by atoms with Crippen LogP contribution in [0.25, 0.3) is 0 Å². The van der Waals surface area contributed by atoms with E-state index in [1.54, 1.807) is 0 Å². The van der Waals surface area contributed by atoms with Crippen molar-refractivity contribution >= 4 is 5.97 Å². The first-order valence-electron chi connectivity index (χ1n) is 6.54. The lowest BCUT2D eigenvalue weighted by molar-refractivity contribution is -0.149. The van der Waals surface area contributed by atoms with Crippen molar-refractivity contribution in [1.82, 2.24) is 0 Å². The fraction of sp³-hybridized carbons (Fsp3) is 0.533. The third-order valence-electron chi connectivity index (χ3n) is 3.58. The minimum atomic E-state index is -0.0129. The van der Waals surface area contributed by atoms with Gasteiger partial charge in [0.1, 0.15) is 0 Å². The molecule has 2 rings (SSSR count). The third kappa shape index (κ3) is 2.87. The van der Waals surface area contributed by atoms with E-state index < -0.39 is 0 Å². The van der Waals surface area contributed by atoms with Crippen molar-refractivity contribution in [3.05, 3.63) is 35.9 Å². The summed E-state index contributed by atoms with van der Waals surface area (Å²) in [6.07, 6.45) is 4.44. The van der Waals surface area contributed by atoms with Crippen molar-refractivity contribution in [2.24, 2.45) is 5.92 Å². The van der Waals surface area contributed by atoms with Gasteiger partial charge in [-0.15, -0.1) is 0 Å². The summed E-state index contributed by atoms with van der Waals surface area (Å²) < 4.78 is 5.19. The zero-order valence-corrected chi connectivity index (χ0v) is 10.4. The topological polar surface area (TPSA) is 26.3 Å². The van der Waals surface area contributed by atoms with Gasteiger partial charge in [-0.25, -0.2) is 0 Å². The van der Waals surface area contributed by atoms with Gasteiger partial charge >= 0.3 is 5.97 Å². The second kappa shape index (κ2) is 5.85. The lowest BCUT2D eigenvalue weighted by Gasteiger charge is -2.30. The van der Waals surface area contributed by atoms with Crippen LogP contribution in [-0.4, -0.2) is 12.6 Å². The van der Waals surface area contributed by atoms with Crippen LogP contribution in [0.15, 0.2) is 30.3 Å². The molecule has 0 aliphatic heterocycles. The number of ether oxygens (including phenoxy) is 1. The Kier molecular flexibility index (Phi) is 4.18. The molecule has 0 radical (unpaired) electrons. The van der Waals surface area contributed by atoms with Crippen LogP contribution in [-0.2, 0) is 9.53 Å². The molecule has 17 heavy (non-hydrogen) atoms. The molecule has 0 amide bonds. The van der Waals surface area contributed by atoms with Gasteiger partial charge in [0, 0.05) is 0 Å². The molecule has 1 aromatic carbocycles. The summed E-state index contributed by atoms with van der Waals surface area (Å²) in [4.78, 5) is 12.0. The van der Waals surface area contributed by atoms with E-state index in [1.807, 2.05) is 25.1 Å². The van der Waals surface area contributed by atoms with Gasteiger partial charge in [0.15, 0.2) is 0 Å². The van der Waals surface area contributed by atoms with Crippen LogP contribution in [0.4, 0.5) is 0 Å². The Morgan fingerprint density at radius 1 is 1.24 bits per heavy atom. The smallest absolute Gasteiger partial charge is 0.309 e. The predicted octanol–water partition coefficient (Wildman–Crippen LogP) is 3.52. The zero-order chi connectivity index (χ0) is 12.1. The Morgan fingerprint density at radius 2 is 1.94 bits per heavy atom. The highest BCUT2D eigenvalue weighted by Crippen LogP contribution is 2.38. The highest BCUT2D eigenvalue weighted by molar-refractivity contribution is 5.73. The number of hydrogen-bond donors (Lipinski definition) is 0. The molecule has 1 aliphatic carbocycles. The molecule has 92 valence electrons. The van der Waals surface area contributed by atoms with Crippen molar-refractivity contribution in [2.75, 3.05) is 6.61 Å². The van der Waals surface area contributed by atoms with E-state index in [-0.39, 0.29) is 11.9 Å². The molecule has 0 N–H and O–H groups in total. The summed E-state index contributed by atoms with van der Waals surface area (Å²) in [5.41, 5.74) is 1.28. The number of benzene rings is 1. The Bertz CT molecular complexity index is 358. The molecule has 1 aromatic rings. The first-order valence-corrected chi connectivity index (χ1v) is 6.54. The Morgan fingerprint density at radius 3 is 2.65 bits per heavy atom. The molecule has 0 saturated heterocycles. The minimum absolute atomic E-state index is 0.0129. The van der Waals surface area contributed by atoms with Crippen molar-refractivity contribution in [2.45, 2.75) is 38.5 Å². The fourth-order valence-electron chi connectivity index (χ4n) is 2.76. The monoisotopic (exact) mass is 232 g/mol. The number of esters is 1. The number of carbonyl (C=O) groups excluding carboxylic acids is 1. The first kappa shape index (κ1) is 12.2. The lowest BCUT2D eigenvalue weighted by Crippen LogP contribution is -2.27. The molecule has 1 saturated carbocycles. The zero-order valence-electron chi connectivity index (χ0n) is 10.4. The molecule has 2 atom stereocenters. The summed E-state index contributed by atoms with van der Waals surface area (Å²) in [6, 6.07) is 10.4. The van der Waals surface area contributed by atoms with Crippen molar-refractivity contribution in [3.63, 3.8) is 0 Å². The highest BCUT2D eigenvalue weighted by Gasteiger charge is 2.32. The maximum absolute atomic E-state index is 12.0. The van der Waals surface area contributed by atoms with Gasteiger partial charge in [0.2, 0.25) is 0 Å². The predicted molar refractivity (Wildman–Crippen MR) is 67.8 cm³/mol. The van der Waals surface area contributed by atoms with Gasteiger partial charge in [0.05, 0.1) is 12.5 Å². The average Bonchev–Trinajstić information content (AvgIpc) is 2.40. The molecule has 1 fully saturated rings. The Balaban J connectivity index is 2.15. The fourth-order valence-corrected chi connectivity index (χ4v) is 2.76. The van der Waals surface area contributed by atoms with Gasteiger partial charge < -0.3 is 4.74 Å². The second-order valence-corrected chi connectivity index (χ2v) is 4.66. The molecule has 0 aromatic heterocycles. The molecule has 2 heteroatoms. The van der Waals surface area contributed by atoms with Crippen LogP contribution in [0.2, 0.25) is 0 Å². The van der Waals surface area contributed by atoms with Gasteiger partial charge in [-0.1, -0.05) is 43.2 Å². The van der Waals surface area contributed by atoms with Crippen LogP contribution in [0.5, 0.6) is 0 Å². The summed E-state index contributed by atoms with van der Waals surface area (Å²) in [5.74, 6) is 0.399. The van der Waals surface area contributed by atoms with E-state index in [4.69, 9.17) is 4.74 Å². The van der Waals surface area contributed by atoms with Gasteiger partial charge in [-0.05, 0) is 31.2 Å². The SMILES string of the molecule is CCOC(=O)C1CCCCC1c1ccccc1. The third-order valence-corrected chi connectivity index (χ3v) is 3.58. The summed E-state index contributed by atoms with van der Waals surface area (Å²) >= 11 is 0. The van der Waals surface area contributed by atoms with E-state index in [9.17, 15) is 4.79 Å². The normalized spacial score (nSPS) is 24.3. The van der Waals surface area contributed by atoms with Crippen molar-refractivity contribution in [3.8, 4) is 0 Å².